The van der Waals surface area contributed by atoms with E-state index in [0.717, 1.165) is 46.4 Å². The van der Waals surface area contributed by atoms with Gasteiger partial charge in [0.1, 0.15) is 10.0 Å². The number of aryl methyl sites for hydroxylation is 3. The zero-order valence-electron chi connectivity index (χ0n) is 11.5. The Morgan fingerprint density at radius 3 is 3.00 bits per heavy atom. The van der Waals surface area contributed by atoms with E-state index < -0.39 is 0 Å². The second-order valence-corrected chi connectivity index (χ2v) is 5.87. The number of hydrogen-bond acceptors (Lipinski definition) is 6. The van der Waals surface area contributed by atoms with E-state index in [-0.39, 0.29) is 0 Å². The van der Waals surface area contributed by atoms with Crippen LogP contribution in [0, 0.1) is 6.92 Å². The zero-order valence-corrected chi connectivity index (χ0v) is 12.3. The van der Waals surface area contributed by atoms with E-state index in [9.17, 15) is 0 Å². The molecule has 3 rings (SSSR count). The molecule has 20 heavy (non-hydrogen) atoms. The molecule has 0 aliphatic rings. The van der Waals surface area contributed by atoms with E-state index in [1.54, 1.807) is 17.5 Å². The quantitative estimate of drug-likeness (QED) is 0.729. The molecule has 1 N–H and O–H groups in total. The predicted octanol–water partition coefficient (Wildman–Crippen LogP) is 2.17. The minimum atomic E-state index is 0.864. The number of imidazole rings is 1. The van der Waals surface area contributed by atoms with Crippen LogP contribution in [0.25, 0.3) is 11.0 Å². The second kappa shape index (κ2) is 5.54. The molecule has 0 amide bonds. The maximum Gasteiger partial charge on any atom is 0.203 e. The Labute approximate surface area is 120 Å². The zero-order chi connectivity index (χ0) is 13.9. The van der Waals surface area contributed by atoms with Crippen LogP contribution in [0.1, 0.15) is 16.4 Å². The van der Waals surface area contributed by atoms with Crippen molar-refractivity contribution in [3.63, 3.8) is 0 Å². The Morgan fingerprint density at radius 1 is 1.35 bits per heavy atom. The van der Waals surface area contributed by atoms with Gasteiger partial charge in [0.15, 0.2) is 0 Å². The minimum absolute atomic E-state index is 0.864. The Hall–Kier alpha value is -2.02. The molecule has 3 aromatic heterocycles. The first-order valence-corrected chi connectivity index (χ1v) is 7.35. The van der Waals surface area contributed by atoms with Crippen molar-refractivity contribution >= 4 is 28.3 Å². The normalized spacial score (nSPS) is 11.1. The Balaban J connectivity index is 1.58. The van der Waals surface area contributed by atoms with Crippen LogP contribution < -0.4 is 5.32 Å². The molecule has 0 unspecified atom stereocenters. The van der Waals surface area contributed by atoms with E-state index in [4.69, 9.17) is 0 Å². The first-order valence-electron chi connectivity index (χ1n) is 6.53. The molecule has 104 valence electrons. The maximum absolute atomic E-state index is 4.55. The third-order valence-corrected chi connectivity index (χ3v) is 4.00. The summed E-state index contributed by atoms with van der Waals surface area (Å²) in [6.07, 6.45) is 5.55. The summed E-state index contributed by atoms with van der Waals surface area (Å²) < 4.78 is 2.03. The number of nitrogens with one attached hydrogen (secondary N) is 1. The van der Waals surface area contributed by atoms with E-state index in [1.165, 1.54) is 0 Å². The fourth-order valence-corrected chi connectivity index (χ4v) is 2.82. The molecule has 6 nitrogen and oxygen atoms in total. The molecule has 0 spiro atoms. The van der Waals surface area contributed by atoms with Crippen LogP contribution in [0.2, 0.25) is 0 Å². The van der Waals surface area contributed by atoms with Gasteiger partial charge in [-0.1, -0.05) is 0 Å². The van der Waals surface area contributed by atoms with Crippen LogP contribution in [0.3, 0.4) is 0 Å². The number of hydrogen-bond donors (Lipinski definition) is 1. The van der Waals surface area contributed by atoms with Gasteiger partial charge in [-0.2, -0.15) is 0 Å². The molecule has 3 heterocycles. The largest absolute Gasteiger partial charge is 0.356 e. The molecular weight excluding hydrogens is 272 g/mol. The van der Waals surface area contributed by atoms with Gasteiger partial charge >= 0.3 is 0 Å². The van der Waals surface area contributed by atoms with Crippen molar-refractivity contribution in [1.29, 1.82) is 0 Å². The third kappa shape index (κ3) is 2.62. The summed E-state index contributed by atoms with van der Waals surface area (Å²) in [5.41, 5.74) is 2.00. The van der Waals surface area contributed by atoms with Crippen LogP contribution >= 0.6 is 11.3 Å². The smallest absolute Gasteiger partial charge is 0.203 e. The lowest BCUT2D eigenvalue weighted by Gasteiger charge is -2.04. The highest BCUT2D eigenvalue weighted by Crippen LogP contribution is 2.16. The molecule has 0 atom stereocenters. The van der Waals surface area contributed by atoms with Gasteiger partial charge in [0.25, 0.3) is 0 Å². The van der Waals surface area contributed by atoms with E-state index in [1.807, 2.05) is 30.8 Å². The number of aromatic nitrogens is 5. The predicted molar refractivity (Wildman–Crippen MR) is 80.0 cm³/mol. The van der Waals surface area contributed by atoms with Gasteiger partial charge in [-0.3, -0.25) is 4.98 Å². The molecule has 0 aromatic carbocycles. The summed E-state index contributed by atoms with van der Waals surface area (Å²) in [6, 6.07) is 1.92. The van der Waals surface area contributed by atoms with Gasteiger partial charge in [0, 0.05) is 26.2 Å². The van der Waals surface area contributed by atoms with Crippen LogP contribution in [-0.4, -0.2) is 31.3 Å². The van der Waals surface area contributed by atoms with Crippen molar-refractivity contribution in [3.8, 4) is 0 Å². The number of nitrogens with zero attached hydrogens (tertiary/aromatic N) is 5. The summed E-state index contributed by atoms with van der Waals surface area (Å²) >= 11 is 1.66. The summed E-state index contributed by atoms with van der Waals surface area (Å²) in [7, 11) is 1.99. The van der Waals surface area contributed by atoms with Gasteiger partial charge in [0.05, 0.1) is 17.2 Å². The van der Waals surface area contributed by atoms with Crippen molar-refractivity contribution < 1.29 is 0 Å². The fourth-order valence-electron chi connectivity index (χ4n) is 2.07. The van der Waals surface area contributed by atoms with Crippen LogP contribution in [0.5, 0.6) is 0 Å². The third-order valence-electron chi connectivity index (χ3n) is 3.10. The second-order valence-electron chi connectivity index (χ2n) is 4.60. The fraction of sp³-hybridized carbons (Fsp3) is 0.385. The Bertz CT molecular complexity index is 717. The van der Waals surface area contributed by atoms with Gasteiger partial charge in [0.2, 0.25) is 5.95 Å². The average molecular weight is 288 g/mol. The molecule has 0 bridgehead atoms. The number of rotatable bonds is 5. The number of pyridine rings is 1. The topological polar surface area (TPSA) is 68.5 Å². The molecule has 0 saturated heterocycles. The van der Waals surface area contributed by atoms with Gasteiger partial charge in [-0.25, -0.2) is 4.98 Å². The highest BCUT2D eigenvalue weighted by molar-refractivity contribution is 7.11. The first kappa shape index (κ1) is 13.0. The summed E-state index contributed by atoms with van der Waals surface area (Å²) in [6.45, 7) is 2.84. The molecule has 0 fully saturated rings. The van der Waals surface area contributed by atoms with Gasteiger partial charge in [-0.05, 0) is 19.4 Å². The molecule has 3 aromatic rings. The van der Waals surface area contributed by atoms with Crippen molar-refractivity contribution in [2.75, 3.05) is 11.9 Å². The van der Waals surface area contributed by atoms with Crippen molar-refractivity contribution in [3.05, 3.63) is 28.5 Å². The van der Waals surface area contributed by atoms with Crippen molar-refractivity contribution in [1.82, 2.24) is 24.7 Å². The van der Waals surface area contributed by atoms with Crippen molar-refractivity contribution in [2.24, 2.45) is 7.05 Å². The van der Waals surface area contributed by atoms with Crippen LogP contribution in [0.4, 0.5) is 5.95 Å². The highest BCUT2D eigenvalue weighted by atomic mass is 32.1. The van der Waals surface area contributed by atoms with E-state index >= 15 is 0 Å². The molecule has 0 radical (unpaired) electrons. The molecular formula is C13H16N6S. The van der Waals surface area contributed by atoms with Crippen LogP contribution in [0.15, 0.2) is 18.5 Å². The van der Waals surface area contributed by atoms with E-state index in [0.29, 0.717) is 0 Å². The van der Waals surface area contributed by atoms with Gasteiger partial charge in [-0.15, -0.1) is 21.5 Å². The monoisotopic (exact) mass is 288 g/mol. The summed E-state index contributed by atoms with van der Waals surface area (Å²) in [5.74, 6) is 0.876. The van der Waals surface area contributed by atoms with Crippen molar-refractivity contribution in [2.45, 2.75) is 19.8 Å². The standard InChI is InChI=1S/C13H16N6S/c1-9-17-18-12(20-9)4-3-6-15-13-16-10-5-7-14-8-11(10)19(13)2/h5,7-8H,3-4,6H2,1-2H3,(H,15,16). The lowest BCUT2D eigenvalue weighted by molar-refractivity contribution is 0.818. The molecule has 0 aliphatic carbocycles. The number of fused-ring (bicyclic) bond motifs is 1. The molecule has 7 heteroatoms. The number of anilines is 1. The Kier molecular flexibility index (Phi) is 3.60. The maximum atomic E-state index is 4.55. The Morgan fingerprint density at radius 2 is 2.25 bits per heavy atom. The van der Waals surface area contributed by atoms with E-state index in [2.05, 4.69) is 25.5 Å². The molecule has 0 aliphatic heterocycles. The SMILES string of the molecule is Cc1nnc(CCCNc2nc3ccncc3n2C)s1. The average Bonchev–Trinajstić information content (AvgIpc) is 3.00. The van der Waals surface area contributed by atoms with Crippen LogP contribution in [-0.2, 0) is 13.5 Å². The lowest BCUT2D eigenvalue weighted by Crippen LogP contribution is -2.07. The first-order chi connectivity index (χ1) is 9.74. The van der Waals surface area contributed by atoms with Gasteiger partial charge < -0.3 is 9.88 Å². The highest BCUT2D eigenvalue weighted by Gasteiger charge is 2.06. The summed E-state index contributed by atoms with van der Waals surface area (Å²) in [5, 5.41) is 13.6. The molecule has 0 saturated carbocycles. The summed E-state index contributed by atoms with van der Waals surface area (Å²) in [4.78, 5) is 8.67. The lowest BCUT2D eigenvalue weighted by atomic mass is 10.3. The minimum Gasteiger partial charge on any atom is -0.356 e.